The molecule has 0 unspecified atom stereocenters. The number of aromatic amines is 1. The van der Waals surface area contributed by atoms with E-state index in [0.717, 1.165) is 0 Å². The minimum atomic E-state index is -0.128. The van der Waals surface area contributed by atoms with Crippen LogP contribution in [0.4, 0.5) is 5.82 Å². The molecule has 16 heavy (non-hydrogen) atoms. The van der Waals surface area contributed by atoms with Crippen molar-refractivity contribution in [2.24, 2.45) is 5.92 Å². The molecule has 1 aliphatic heterocycles. The maximum absolute atomic E-state index is 11.6. The molecule has 2 heterocycles. The Kier molecular flexibility index (Phi) is 2.82. The first-order chi connectivity index (χ1) is 7.58. The van der Waals surface area contributed by atoms with E-state index in [1.165, 1.54) is 10.7 Å². The fraction of sp³-hybridized carbons (Fsp3) is 0.600. The van der Waals surface area contributed by atoms with Crippen LogP contribution < -0.4 is 16.2 Å². The van der Waals surface area contributed by atoms with Crippen LogP contribution in [0.15, 0.2) is 10.9 Å². The van der Waals surface area contributed by atoms with Gasteiger partial charge >= 0.3 is 0 Å². The summed E-state index contributed by atoms with van der Waals surface area (Å²) in [5, 5.41) is 8.60. The molecular weight excluding hydrogens is 208 g/mol. The largest absolute Gasteiger partial charge is 0.315 e. The maximum Gasteiger partial charge on any atom is 0.268 e. The lowest BCUT2D eigenvalue weighted by Crippen LogP contribution is -2.48. The van der Waals surface area contributed by atoms with Crippen LogP contribution in [-0.4, -0.2) is 28.8 Å². The molecule has 88 valence electrons. The van der Waals surface area contributed by atoms with E-state index in [-0.39, 0.29) is 23.4 Å². The Hall–Kier alpha value is -1.56. The molecule has 1 aromatic rings. The summed E-state index contributed by atoms with van der Waals surface area (Å²) in [6, 6.07) is 1.47. The van der Waals surface area contributed by atoms with Crippen LogP contribution in [0.3, 0.4) is 0 Å². The van der Waals surface area contributed by atoms with E-state index in [1.807, 2.05) is 13.8 Å². The van der Waals surface area contributed by atoms with Gasteiger partial charge in [-0.3, -0.25) is 14.7 Å². The van der Waals surface area contributed by atoms with E-state index in [2.05, 4.69) is 15.7 Å². The molecule has 1 aromatic heterocycles. The molecule has 3 N–H and O–H groups in total. The number of aromatic nitrogens is 2. The molecule has 0 bridgehead atoms. The maximum atomic E-state index is 11.6. The molecule has 1 aliphatic rings. The summed E-state index contributed by atoms with van der Waals surface area (Å²) in [5.74, 6) is 0.442. The highest BCUT2D eigenvalue weighted by molar-refractivity contribution is 5.92. The van der Waals surface area contributed by atoms with Gasteiger partial charge in [-0.1, -0.05) is 0 Å². The van der Waals surface area contributed by atoms with Crippen LogP contribution in [0.25, 0.3) is 0 Å². The Morgan fingerprint density at radius 2 is 2.25 bits per heavy atom. The SMILES string of the molecule is CC(C)n1[nH]c(NC(=O)C2CNC2)cc1=O. The topological polar surface area (TPSA) is 78.9 Å². The number of nitrogens with one attached hydrogen (secondary N) is 3. The van der Waals surface area contributed by atoms with E-state index in [1.54, 1.807) is 0 Å². The molecule has 0 radical (unpaired) electrons. The lowest BCUT2D eigenvalue weighted by Gasteiger charge is -2.25. The van der Waals surface area contributed by atoms with Gasteiger partial charge in [0, 0.05) is 25.2 Å². The Morgan fingerprint density at radius 3 is 2.69 bits per heavy atom. The van der Waals surface area contributed by atoms with Crippen molar-refractivity contribution in [1.29, 1.82) is 0 Å². The Balaban J connectivity index is 2.07. The summed E-state index contributed by atoms with van der Waals surface area (Å²) in [4.78, 5) is 23.1. The van der Waals surface area contributed by atoms with Crippen molar-refractivity contribution in [2.75, 3.05) is 18.4 Å². The van der Waals surface area contributed by atoms with Crippen molar-refractivity contribution < 1.29 is 4.79 Å². The number of hydrogen-bond donors (Lipinski definition) is 3. The summed E-state index contributed by atoms with van der Waals surface area (Å²) in [7, 11) is 0. The molecule has 6 nitrogen and oxygen atoms in total. The lowest BCUT2D eigenvalue weighted by molar-refractivity contribution is -0.121. The van der Waals surface area contributed by atoms with Gasteiger partial charge in [0.2, 0.25) is 5.91 Å². The Morgan fingerprint density at radius 1 is 1.56 bits per heavy atom. The van der Waals surface area contributed by atoms with Crippen LogP contribution in [0, 0.1) is 5.92 Å². The molecule has 6 heteroatoms. The normalized spacial score (nSPS) is 16.2. The van der Waals surface area contributed by atoms with Crippen LogP contribution in [0.2, 0.25) is 0 Å². The van der Waals surface area contributed by atoms with Crippen LogP contribution in [0.5, 0.6) is 0 Å². The summed E-state index contributed by atoms with van der Waals surface area (Å²) in [5.41, 5.74) is -0.128. The number of anilines is 1. The zero-order valence-electron chi connectivity index (χ0n) is 9.41. The average molecular weight is 224 g/mol. The second kappa shape index (κ2) is 4.13. The zero-order valence-corrected chi connectivity index (χ0v) is 9.41. The van der Waals surface area contributed by atoms with E-state index in [0.29, 0.717) is 18.9 Å². The van der Waals surface area contributed by atoms with E-state index < -0.39 is 0 Å². The van der Waals surface area contributed by atoms with Crippen molar-refractivity contribution in [3.63, 3.8) is 0 Å². The highest BCUT2D eigenvalue weighted by atomic mass is 16.2. The predicted octanol–water partition coefficient (Wildman–Crippen LogP) is -0.0848. The molecule has 2 rings (SSSR count). The minimum Gasteiger partial charge on any atom is -0.315 e. The van der Waals surface area contributed by atoms with Crippen molar-refractivity contribution in [2.45, 2.75) is 19.9 Å². The molecule has 0 aliphatic carbocycles. The number of carbonyl (C=O) groups excluding carboxylic acids is 1. The van der Waals surface area contributed by atoms with Gasteiger partial charge < -0.3 is 10.6 Å². The monoisotopic (exact) mass is 224 g/mol. The van der Waals surface area contributed by atoms with E-state index >= 15 is 0 Å². The van der Waals surface area contributed by atoms with Gasteiger partial charge in [-0.15, -0.1) is 0 Å². The molecule has 0 aromatic carbocycles. The number of nitrogens with zero attached hydrogens (tertiary/aromatic N) is 1. The summed E-state index contributed by atoms with van der Waals surface area (Å²) < 4.78 is 1.48. The van der Waals surface area contributed by atoms with Gasteiger partial charge in [-0.05, 0) is 13.8 Å². The first-order valence-corrected chi connectivity index (χ1v) is 5.41. The second-order valence-corrected chi connectivity index (χ2v) is 4.32. The van der Waals surface area contributed by atoms with Crippen LogP contribution in [-0.2, 0) is 4.79 Å². The lowest BCUT2D eigenvalue weighted by atomic mass is 10.0. The molecule has 1 fully saturated rings. The fourth-order valence-electron chi connectivity index (χ4n) is 1.57. The molecule has 1 amide bonds. The van der Waals surface area contributed by atoms with Gasteiger partial charge in [0.05, 0.1) is 5.92 Å². The summed E-state index contributed by atoms with van der Waals surface area (Å²) in [6.45, 7) is 5.22. The highest BCUT2D eigenvalue weighted by Gasteiger charge is 2.25. The van der Waals surface area contributed by atoms with Crippen molar-refractivity contribution in [3.8, 4) is 0 Å². The van der Waals surface area contributed by atoms with Crippen molar-refractivity contribution >= 4 is 11.7 Å². The smallest absolute Gasteiger partial charge is 0.268 e. The van der Waals surface area contributed by atoms with Crippen LogP contribution >= 0.6 is 0 Å². The van der Waals surface area contributed by atoms with Crippen molar-refractivity contribution in [3.05, 3.63) is 16.4 Å². The van der Waals surface area contributed by atoms with E-state index in [9.17, 15) is 9.59 Å². The van der Waals surface area contributed by atoms with Gasteiger partial charge in [0.15, 0.2) is 0 Å². The Labute approximate surface area is 93.0 Å². The average Bonchev–Trinajstić information content (AvgIpc) is 2.43. The number of rotatable bonds is 3. The third-order valence-electron chi connectivity index (χ3n) is 2.67. The van der Waals surface area contributed by atoms with Gasteiger partial charge in [0.25, 0.3) is 5.56 Å². The molecule has 1 saturated heterocycles. The van der Waals surface area contributed by atoms with Crippen molar-refractivity contribution in [1.82, 2.24) is 15.1 Å². The zero-order chi connectivity index (χ0) is 11.7. The molecule has 0 atom stereocenters. The summed E-state index contributed by atoms with van der Waals surface area (Å²) in [6.07, 6.45) is 0. The Bertz CT molecular complexity index is 442. The summed E-state index contributed by atoms with van der Waals surface area (Å²) >= 11 is 0. The number of H-pyrrole nitrogens is 1. The quantitative estimate of drug-likeness (QED) is 0.671. The second-order valence-electron chi connectivity index (χ2n) is 4.32. The van der Waals surface area contributed by atoms with Gasteiger partial charge in [-0.25, -0.2) is 4.68 Å². The molecule has 0 saturated carbocycles. The van der Waals surface area contributed by atoms with Gasteiger partial charge in [0.1, 0.15) is 5.82 Å². The predicted molar refractivity (Wildman–Crippen MR) is 60.4 cm³/mol. The minimum absolute atomic E-state index is 0.0194. The molecular formula is C10H16N4O2. The van der Waals surface area contributed by atoms with Gasteiger partial charge in [-0.2, -0.15) is 0 Å². The first-order valence-electron chi connectivity index (χ1n) is 5.41. The molecule has 0 spiro atoms. The number of amides is 1. The number of hydrogen-bond acceptors (Lipinski definition) is 3. The standard InChI is InChI=1S/C10H16N4O2/c1-6(2)14-9(15)3-8(13-14)12-10(16)7-4-11-5-7/h3,6-7,11,13H,4-5H2,1-2H3,(H,12,16). The van der Waals surface area contributed by atoms with Crippen LogP contribution in [0.1, 0.15) is 19.9 Å². The number of carbonyl (C=O) groups is 1. The third kappa shape index (κ3) is 2.01. The highest BCUT2D eigenvalue weighted by Crippen LogP contribution is 2.08. The van der Waals surface area contributed by atoms with E-state index in [4.69, 9.17) is 0 Å². The third-order valence-corrected chi connectivity index (χ3v) is 2.67. The first kappa shape index (κ1) is 10.9. The fourth-order valence-corrected chi connectivity index (χ4v) is 1.57.